The van der Waals surface area contributed by atoms with Crippen molar-refractivity contribution in [1.29, 1.82) is 0 Å². The highest BCUT2D eigenvalue weighted by atomic mass is 32.1. The van der Waals surface area contributed by atoms with Crippen LogP contribution in [-0.4, -0.2) is 0 Å². The first-order valence-corrected chi connectivity index (χ1v) is 19.9. The van der Waals surface area contributed by atoms with Crippen LogP contribution in [0.2, 0.25) is 0 Å². The number of hydrogen-bond acceptors (Lipinski definition) is 3. The quantitative estimate of drug-likeness (QED) is 0.170. The molecule has 0 saturated heterocycles. The first kappa shape index (κ1) is 30.9. The minimum absolute atomic E-state index is 0.0810. The predicted octanol–water partition coefficient (Wildman–Crippen LogP) is 13.7. The third-order valence-electron chi connectivity index (χ3n) is 12.7. The number of rotatable bonds is 6. The number of hydrogen-bond donors (Lipinski definition) is 0. The average Bonchev–Trinajstić information content (AvgIpc) is 3.93. The summed E-state index contributed by atoms with van der Waals surface area (Å²) in [6, 6.07) is 61.3. The number of benzene rings is 7. The maximum absolute atomic E-state index is 2.61. The van der Waals surface area contributed by atoms with Crippen LogP contribution in [0.25, 0.3) is 20.2 Å². The van der Waals surface area contributed by atoms with Gasteiger partial charge in [-0.2, -0.15) is 0 Å². The smallest absolute Gasteiger partial charge is 0.0505 e. The van der Waals surface area contributed by atoms with E-state index < -0.39 is 0 Å². The molecule has 0 amide bonds. The Morgan fingerprint density at radius 3 is 1.68 bits per heavy atom. The van der Waals surface area contributed by atoms with Gasteiger partial charge in [-0.05, 0) is 133 Å². The fourth-order valence-corrected chi connectivity index (χ4v) is 11.8. The molecule has 3 unspecified atom stereocenters. The molecule has 0 bridgehead atoms. The molecule has 1 spiro atoms. The Morgan fingerprint density at radius 2 is 1.02 bits per heavy atom. The minimum Gasteiger partial charge on any atom is -0.310 e. The fourth-order valence-electron chi connectivity index (χ4n) is 10.7. The summed E-state index contributed by atoms with van der Waals surface area (Å²) < 4.78 is 2.68. The van der Waals surface area contributed by atoms with Gasteiger partial charge in [-0.15, -0.1) is 11.3 Å². The molecule has 53 heavy (non-hydrogen) atoms. The van der Waals surface area contributed by atoms with Gasteiger partial charge in [-0.25, -0.2) is 0 Å². The van der Waals surface area contributed by atoms with E-state index in [1.165, 1.54) is 83.8 Å². The molecule has 11 rings (SSSR count). The second-order valence-electron chi connectivity index (χ2n) is 15.3. The van der Waals surface area contributed by atoms with Crippen molar-refractivity contribution < 1.29 is 0 Å². The number of fused-ring (bicyclic) bond motifs is 5. The molecule has 256 valence electrons. The van der Waals surface area contributed by atoms with Crippen molar-refractivity contribution in [1.82, 2.24) is 0 Å². The summed E-state index contributed by atoms with van der Waals surface area (Å²) in [5, 5.41) is 2.68. The molecule has 1 fully saturated rings. The molecular weight excluding hydrogens is 661 g/mol. The molecule has 3 heteroatoms. The number of para-hydroxylation sites is 3. The van der Waals surface area contributed by atoms with E-state index in [0.717, 1.165) is 12.8 Å². The molecule has 0 radical (unpaired) electrons. The van der Waals surface area contributed by atoms with Gasteiger partial charge >= 0.3 is 0 Å². The van der Waals surface area contributed by atoms with Crippen LogP contribution in [0.4, 0.5) is 34.1 Å². The van der Waals surface area contributed by atoms with E-state index in [9.17, 15) is 0 Å². The molecule has 0 aliphatic heterocycles. The standard InChI is InChI=1S/C50H40N2S/c1-33-14-8-10-22-43(33)52(40-28-29-42-41-21-9-11-25-46(41)53-47(42)32-40)45-24-13-16-35-31-37-27-26-36-30-34-15-12-23-44(48(34)50(36,37)49(35)45)51(38-17-4-2-5-18-38)39-19-6-3-7-20-39/h2-25,28-29,32,36-37H,26-27,30-31H2,1H3. The Balaban J connectivity index is 1.18. The Labute approximate surface area is 315 Å². The van der Waals surface area contributed by atoms with Crippen molar-refractivity contribution >= 4 is 65.6 Å². The zero-order valence-corrected chi connectivity index (χ0v) is 30.7. The topological polar surface area (TPSA) is 6.48 Å². The molecular formula is C50H40N2S. The third-order valence-corrected chi connectivity index (χ3v) is 13.8. The second kappa shape index (κ2) is 11.9. The van der Waals surface area contributed by atoms with Crippen LogP contribution in [0.5, 0.6) is 0 Å². The monoisotopic (exact) mass is 700 g/mol. The van der Waals surface area contributed by atoms with Gasteiger partial charge in [-0.3, -0.25) is 0 Å². The van der Waals surface area contributed by atoms with E-state index in [0.29, 0.717) is 11.8 Å². The lowest BCUT2D eigenvalue weighted by Gasteiger charge is -2.40. The summed E-state index contributed by atoms with van der Waals surface area (Å²) in [4.78, 5) is 5.14. The molecule has 1 saturated carbocycles. The van der Waals surface area contributed by atoms with Crippen LogP contribution in [-0.2, 0) is 18.3 Å². The van der Waals surface area contributed by atoms with Crippen LogP contribution in [0.3, 0.4) is 0 Å². The first-order chi connectivity index (χ1) is 26.2. The van der Waals surface area contributed by atoms with Crippen molar-refractivity contribution in [2.45, 2.75) is 38.0 Å². The Bertz CT molecular complexity index is 2630. The number of aryl methyl sites for hydroxylation is 1. The molecule has 8 aromatic rings. The Kier molecular flexibility index (Phi) is 6.97. The molecule has 7 aromatic carbocycles. The summed E-state index contributed by atoms with van der Waals surface area (Å²) in [6.45, 7) is 2.27. The summed E-state index contributed by atoms with van der Waals surface area (Å²) in [6.07, 6.45) is 4.78. The van der Waals surface area contributed by atoms with Crippen LogP contribution in [0.15, 0.2) is 164 Å². The van der Waals surface area contributed by atoms with E-state index in [2.05, 4.69) is 181 Å². The summed E-state index contributed by atoms with van der Waals surface area (Å²) >= 11 is 1.90. The van der Waals surface area contributed by atoms with E-state index >= 15 is 0 Å². The van der Waals surface area contributed by atoms with Crippen LogP contribution < -0.4 is 9.80 Å². The zero-order chi connectivity index (χ0) is 35.1. The highest BCUT2D eigenvalue weighted by Crippen LogP contribution is 2.68. The molecule has 3 aliphatic carbocycles. The maximum atomic E-state index is 2.61. The maximum Gasteiger partial charge on any atom is 0.0505 e. The highest BCUT2D eigenvalue weighted by Gasteiger charge is 2.62. The molecule has 1 heterocycles. The Hall–Kier alpha value is -5.64. The van der Waals surface area contributed by atoms with E-state index in [1.54, 1.807) is 11.1 Å². The highest BCUT2D eigenvalue weighted by molar-refractivity contribution is 7.25. The summed E-state index contributed by atoms with van der Waals surface area (Å²) in [5.74, 6) is 1.12. The van der Waals surface area contributed by atoms with Crippen molar-refractivity contribution in [2.75, 3.05) is 9.80 Å². The largest absolute Gasteiger partial charge is 0.310 e. The lowest BCUT2D eigenvalue weighted by Crippen LogP contribution is -2.34. The number of thiophene rings is 1. The average molecular weight is 701 g/mol. The van der Waals surface area contributed by atoms with Crippen molar-refractivity contribution in [3.8, 4) is 0 Å². The van der Waals surface area contributed by atoms with E-state index in [4.69, 9.17) is 0 Å². The fraction of sp³-hybridized carbons (Fsp3) is 0.160. The predicted molar refractivity (Wildman–Crippen MR) is 224 cm³/mol. The van der Waals surface area contributed by atoms with Gasteiger partial charge in [0.25, 0.3) is 0 Å². The molecule has 0 N–H and O–H groups in total. The van der Waals surface area contributed by atoms with Crippen LogP contribution >= 0.6 is 11.3 Å². The normalized spacial score (nSPS) is 19.6. The summed E-state index contributed by atoms with van der Waals surface area (Å²) in [5.41, 5.74) is 14.9. The van der Waals surface area contributed by atoms with Crippen molar-refractivity contribution in [3.63, 3.8) is 0 Å². The van der Waals surface area contributed by atoms with Gasteiger partial charge in [0.05, 0.1) is 11.4 Å². The van der Waals surface area contributed by atoms with Crippen LogP contribution in [0, 0.1) is 18.8 Å². The number of anilines is 6. The number of nitrogens with zero attached hydrogens (tertiary/aromatic N) is 2. The first-order valence-electron chi connectivity index (χ1n) is 19.1. The second-order valence-corrected chi connectivity index (χ2v) is 16.4. The summed E-state index contributed by atoms with van der Waals surface area (Å²) in [7, 11) is 0. The van der Waals surface area contributed by atoms with Gasteiger partial charge in [0.2, 0.25) is 0 Å². The van der Waals surface area contributed by atoms with Gasteiger partial charge in [0, 0.05) is 48.3 Å². The molecule has 3 aliphatic rings. The zero-order valence-electron chi connectivity index (χ0n) is 29.9. The van der Waals surface area contributed by atoms with Gasteiger partial charge in [0.1, 0.15) is 0 Å². The van der Waals surface area contributed by atoms with E-state index in [1.807, 2.05) is 11.3 Å². The minimum atomic E-state index is -0.0810. The van der Waals surface area contributed by atoms with Crippen molar-refractivity contribution in [3.05, 3.63) is 192 Å². The lowest BCUT2D eigenvalue weighted by atomic mass is 9.68. The third kappa shape index (κ3) is 4.50. The van der Waals surface area contributed by atoms with E-state index in [-0.39, 0.29) is 5.41 Å². The van der Waals surface area contributed by atoms with Crippen molar-refractivity contribution in [2.24, 2.45) is 11.8 Å². The SMILES string of the molecule is Cc1ccccc1N(c1ccc2c(c1)sc1ccccc12)c1cccc2c1C13c4c(cccc4N(c4ccccc4)c4ccccc4)CC1CCC3C2. The molecule has 2 nitrogen and oxygen atoms in total. The van der Waals surface area contributed by atoms with Crippen LogP contribution in [0.1, 0.15) is 40.7 Å². The lowest BCUT2D eigenvalue weighted by molar-refractivity contribution is 0.350. The Morgan fingerprint density at radius 1 is 0.472 bits per heavy atom. The van der Waals surface area contributed by atoms with Gasteiger partial charge in [0.15, 0.2) is 0 Å². The van der Waals surface area contributed by atoms with Gasteiger partial charge < -0.3 is 9.80 Å². The van der Waals surface area contributed by atoms with Gasteiger partial charge in [-0.1, -0.05) is 103 Å². The molecule has 1 aromatic heterocycles. The molecule has 3 atom stereocenters.